The second kappa shape index (κ2) is 6.12. The maximum Gasteiger partial charge on any atom is 0.0582 e. The third-order valence-corrected chi connectivity index (χ3v) is 4.53. The number of hydrogen-bond donors (Lipinski definition) is 1. The van der Waals surface area contributed by atoms with Crippen molar-refractivity contribution in [1.82, 2.24) is 4.98 Å². The minimum Gasteiger partial charge on any atom is -0.361 e. The fourth-order valence-corrected chi connectivity index (χ4v) is 3.06. The van der Waals surface area contributed by atoms with Gasteiger partial charge in [-0.05, 0) is 36.6 Å². The van der Waals surface area contributed by atoms with E-state index in [0.717, 1.165) is 18.4 Å². The second-order valence-electron chi connectivity index (χ2n) is 5.65. The summed E-state index contributed by atoms with van der Waals surface area (Å²) in [6.07, 6.45) is 4.15. The number of benzene rings is 2. The maximum absolute atomic E-state index is 3.57. The van der Waals surface area contributed by atoms with Gasteiger partial charge in [-0.3, -0.25) is 0 Å². The van der Waals surface area contributed by atoms with E-state index in [2.05, 4.69) is 73.3 Å². The van der Waals surface area contributed by atoms with Crippen molar-refractivity contribution in [2.24, 2.45) is 0 Å². The first-order valence-corrected chi connectivity index (χ1v) is 7.94. The lowest BCUT2D eigenvalue weighted by molar-refractivity contribution is 0.521. The summed E-state index contributed by atoms with van der Waals surface area (Å²) in [6, 6.07) is 18.7. The molecule has 1 heterocycles. The molecule has 0 atom stereocenters. The van der Waals surface area contributed by atoms with Crippen molar-refractivity contribution in [2.45, 2.75) is 32.1 Å². The molecule has 110 valence electrons. The van der Waals surface area contributed by atoms with Gasteiger partial charge in [-0.15, -0.1) is 0 Å². The molecule has 1 nitrogen and oxygen atoms in total. The molecule has 0 unspecified atom stereocenters. The lowest BCUT2D eigenvalue weighted by atomic mass is 9.76. The van der Waals surface area contributed by atoms with Crippen molar-refractivity contribution in [1.29, 1.82) is 0 Å². The molecule has 0 amide bonds. The monoisotopic (exact) mass is 287 g/mol. The van der Waals surface area contributed by atoms with Crippen molar-refractivity contribution >= 4 is 10.9 Å². The number of nitrogens with one attached hydrogen (secondary N) is 1. The number of fused-ring (bicyclic) bond motifs is 1. The van der Waals surface area contributed by atoms with Crippen molar-refractivity contribution in [3.05, 3.63) is 71.9 Å². The van der Waals surface area contributed by atoms with Crippen molar-refractivity contribution in [2.75, 3.05) is 0 Å². The fourth-order valence-electron chi connectivity index (χ4n) is 3.06. The van der Waals surface area contributed by atoms with Crippen LogP contribution in [0.5, 0.6) is 0 Å². The second-order valence-corrected chi connectivity index (χ2v) is 5.65. The van der Waals surface area contributed by atoms with Gasteiger partial charge in [-0.25, -0.2) is 0 Å². The molecule has 1 aromatic heterocycles. The number of aromatic amines is 1. The zero-order valence-corrected chi connectivity index (χ0v) is 13.2. The van der Waals surface area contributed by atoms with Gasteiger partial charge in [0.2, 0.25) is 0 Å². The Morgan fingerprint density at radius 1 is 0.909 bits per heavy atom. The number of aromatic nitrogens is 1. The summed E-state index contributed by atoms with van der Waals surface area (Å²) in [6.45, 7) is 4.45. The first-order valence-electron chi connectivity index (χ1n) is 7.94. The Kier molecular flexibility index (Phi) is 4.02. The summed E-state index contributed by atoms with van der Waals surface area (Å²) in [5.41, 5.74) is 3.48. The smallest absolute Gasteiger partial charge is 0.0582 e. The highest BCUT2D eigenvalue weighted by molar-refractivity contribution is 5.85. The normalized spacial score (nSPS) is 11.2. The number of rotatable bonds is 3. The van der Waals surface area contributed by atoms with Gasteiger partial charge in [0, 0.05) is 22.7 Å². The van der Waals surface area contributed by atoms with Gasteiger partial charge in [-0.2, -0.15) is 0 Å². The molecule has 0 spiro atoms. The number of hydrogen-bond acceptors (Lipinski definition) is 0. The van der Waals surface area contributed by atoms with Crippen LogP contribution in [0.15, 0.2) is 60.8 Å². The fraction of sp³-hybridized carbons (Fsp3) is 0.238. The highest BCUT2D eigenvalue weighted by atomic mass is 14.7. The Balaban J connectivity index is 2.11. The molecule has 1 N–H and O–H groups in total. The van der Waals surface area contributed by atoms with E-state index in [4.69, 9.17) is 0 Å². The summed E-state index contributed by atoms with van der Waals surface area (Å²) < 4.78 is 0. The molecule has 0 bridgehead atoms. The van der Waals surface area contributed by atoms with Crippen LogP contribution in [0.1, 0.15) is 37.8 Å². The van der Waals surface area contributed by atoms with Gasteiger partial charge in [0.1, 0.15) is 0 Å². The summed E-state index contributed by atoms with van der Waals surface area (Å²) in [7, 11) is 0. The van der Waals surface area contributed by atoms with E-state index in [0.29, 0.717) is 0 Å². The van der Waals surface area contributed by atoms with Gasteiger partial charge in [0.25, 0.3) is 0 Å². The van der Waals surface area contributed by atoms with Crippen LogP contribution < -0.4 is 0 Å². The predicted molar refractivity (Wildman–Crippen MR) is 93.9 cm³/mol. The van der Waals surface area contributed by atoms with Gasteiger partial charge in [-0.1, -0.05) is 62.1 Å². The van der Waals surface area contributed by atoms with Gasteiger partial charge < -0.3 is 4.98 Å². The minimum absolute atomic E-state index is 0.102. The van der Waals surface area contributed by atoms with E-state index in [1.165, 1.54) is 16.5 Å². The molecule has 0 saturated heterocycles. The lowest BCUT2D eigenvalue weighted by Crippen LogP contribution is -2.21. The van der Waals surface area contributed by atoms with E-state index < -0.39 is 0 Å². The van der Waals surface area contributed by atoms with Crippen LogP contribution in [-0.4, -0.2) is 4.98 Å². The molecule has 0 aliphatic carbocycles. The molecular formula is C21H21N. The average Bonchev–Trinajstić information content (AvgIpc) is 3.02. The van der Waals surface area contributed by atoms with Crippen molar-refractivity contribution in [3.63, 3.8) is 0 Å². The predicted octanol–water partition coefficient (Wildman–Crippen LogP) is 5.28. The van der Waals surface area contributed by atoms with E-state index in [9.17, 15) is 0 Å². The van der Waals surface area contributed by atoms with Crippen molar-refractivity contribution < 1.29 is 0 Å². The number of para-hydroxylation sites is 1. The van der Waals surface area contributed by atoms with E-state index in [-0.39, 0.29) is 5.41 Å². The van der Waals surface area contributed by atoms with E-state index in [1.807, 2.05) is 18.2 Å². The first-order chi connectivity index (χ1) is 10.8. The first kappa shape index (κ1) is 14.5. The molecule has 3 aromatic rings. The number of H-pyrrole nitrogens is 1. The van der Waals surface area contributed by atoms with E-state index in [1.54, 1.807) is 0 Å². The molecule has 0 fully saturated rings. The Hall–Kier alpha value is -2.46. The van der Waals surface area contributed by atoms with Crippen molar-refractivity contribution in [3.8, 4) is 11.8 Å². The van der Waals surface area contributed by atoms with Crippen LogP contribution in [-0.2, 0) is 5.41 Å². The Bertz CT molecular complexity index is 811. The summed E-state index contributed by atoms with van der Waals surface area (Å²) in [5.74, 6) is 6.95. The Morgan fingerprint density at radius 3 is 2.32 bits per heavy atom. The molecule has 0 aliphatic rings. The highest BCUT2D eigenvalue weighted by Crippen LogP contribution is 2.36. The molecule has 0 radical (unpaired) electrons. The maximum atomic E-state index is 3.57. The third kappa shape index (κ3) is 2.53. The Labute approximate surface area is 132 Å². The molecule has 22 heavy (non-hydrogen) atoms. The quantitative estimate of drug-likeness (QED) is 0.631. The summed E-state index contributed by atoms with van der Waals surface area (Å²) in [4.78, 5) is 3.39. The highest BCUT2D eigenvalue weighted by Gasteiger charge is 2.28. The minimum atomic E-state index is -0.102. The van der Waals surface area contributed by atoms with Crippen LogP contribution in [0.3, 0.4) is 0 Å². The van der Waals surface area contributed by atoms with Crippen LogP contribution in [0.2, 0.25) is 0 Å². The third-order valence-electron chi connectivity index (χ3n) is 4.53. The van der Waals surface area contributed by atoms with Gasteiger partial charge in [0.15, 0.2) is 0 Å². The molecule has 0 aliphatic heterocycles. The zero-order valence-electron chi connectivity index (χ0n) is 13.2. The SMILES string of the molecule is CCC(C#Cc1ccccc1)(CC)c1c[nH]c2ccccc12. The largest absolute Gasteiger partial charge is 0.361 e. The van der Waals surface area contributed by atoms with Crippen LogP contribution in [0, 0.1) is 11.8 Å². The van der Waals surface area contributed by atoms with Gasteiger partial charge in [0.05, 0.1) is 5.41 Å². The standard InChI is InChI=1S/C21H21N/c1-3-21(4-2,15-14-17-10-6-5-7-11-17)19-16-22-20-13-9-8-12-18(19)20/h5-13,16,22H,3-4H2,1-2H3. The van der Waals surface area contributed by atoms with Crippen LogP contribution in [0.25, 0.3) is 10.9 Å². The lowest BCUT2D eigenvalue weighted by Gasteiger charge is -2.25. The summed E-state index contributed by atoms with van der Waals surface area (Å²) in [5, 5.41) is 1.29. The summed E-state index contributed by atoms with van der Waals surface area (Å²) >= 11 is 0. The molecule has 3 rings (SSSR count). The molecule has 0 saturated carbocycles. The topological polar surface area (TPSA) is 15.8 Å². The van der Waals surface area contributed by atoms with Gasteiger partial charge >= 0.3 is 0 Å². The zero-order chi connectivity index (χ0) is 15.4. The van der Waals surface area contributed by atoms with Crippen LogP contribution in [0.4, 0.5) is 0 Å². The van der Waals surface area contributed by atoms with E-state index >= 15 is 0 Å². The Morgan fingerprint density at radius 2 is 1.59 bits per heavy atom. The molecule has 2 aromatic carbocycles. The van der Waals surface area contributed by atoms with Crippen LogP contribution >= 0.6 is 0 Å². The molecular weight excluding hydrogens is 266 g/mol. The molecule has 1 heteroatoms. The average molecular weight is 287 g/mol.